The quantitative estimate of drug-likeness (QED) is 0.888. The smallest absolute Gasteiger partial charge is 0.291 e. The van der Waals surface area contributed by atoms with Gasteiger partial charge in [0.25, 0.3) is 5.91 Å². The molecule has 2 aromatic rings. The average molecular weight is 308 g/mol. The van der Waals surface area contributed by atoms with Gasteiger partial charge in [-0.25, -0.2) is 8.42 Å². The first-order valence-electron chi connectivity index (χ1n) is 6.36. The number of hydrogen-bond donors (Lipinski definition) is 2. The number of amides is 1. The molecule has 1 aromatic carbocycles. The van der Waals surface area contributed by atoms with Crippen LogP contribution in [0, 0.1) is 0 Å². The summed E-state index contributed by atoms with van der Waals surface area (Å²) in [6, 6.07) is 9.86. The van der Waals surface area contributed by atoms with E-state index in [0.29, 0.717) is 23.6 Å². The summed E-state index contributed by atoms with van der Waals surface area (Å²) in [5, 5.41) is 2.63. The molecular formula is C14H16N2O4S. The van der Waals surface area contributed by atoms with E-state index >= 15 is 0 Å². The van der Waals surface area contributed by atoms with Crippen molar-refractivity contribution in [2.45, 2.75) is 13.3 Å². The number of hydrogen-bond acceptors (Lipinski definition) is 4. The van der Waals surface area contributed by atoms with Crippen molar-refractivity contribution in [1.29, 1.82) is 0 Å². The van der Waals surface area contributed by atoms with Gasteiger partial charge in [-0.05, 0) is 24.3 Å². The lowest BCUT2D eigenvalue weighted by Gasteiger charge is -2.10. The second-order valence-electron chi connectivity index (χ2n) is 4.49. The van der Waals surface area contributed by atoms with Crippen LogP contribution in [0.5, 0.6) is 0 Å². The molecule has 1 amide bonds. The zero-order valence-electron chi connectivity index (χ0n) is 11.7. The van der Waals surface area contributed by atoms with E-state index in [2.05, 4.69) is 10.0 Å². The third-order valence-electron chi connectivity index (χ3n) is 2.70. The predicted molar refractivity (Wildman–Crippen MR) is 80.9 cm³/mol. The molecule has 0 atom stereocenters. The first kappa shape index (κ1) is 15.1. The summed E-state index contributed by atoms with van der Waals surface area (Å²) in [6.07, 6.45) is 1.74. The lowest BCUT2D eigenvalue weighted by atomic mass is 10.2. The van der Waals surface area contributed by atoms with Crippen LogP contribution >= 0.6 is 0 Å². The Hall–Kier alpha value is -2.28. The molecule has 0 unspecified atom stereocenters. The van der Waals surface area contributed by atoms with E-state index in [1.165, 1.54) is 0 Å². The van der Waals surface area contributed by atoms with E-state index in [9.17, 15) is 13.2 Å². The van der Waals surface area contributed by atoms with Crippen LogP contribution in [0.4, 0.5) is 11.4 Å². The number of carbonyl (C=O) groups is 1. The Balaban J connectivity index is 2.21. The third kappa shape index (κ3) is 4.09. The molecule has 0 saturated carbocycles. The molecule has 0 saturated heterocycles. The van der Waals surface area contributed by atoms with Gasteiger partial charge >= 0.3 is 0 Å². The lowest BCUT2D eigenvalue weighted by Crippen LogP contribution is -2.15. The zero-order valence-corrected chi connectivity index (χ0v) is 12.5. The van der Waals surface area contributed by atoms with Crippen LogP contribution in [0.2, 0.25) is 0 Å². The Labute approximate surface area is 123 Å². The van der Waals surface area contributed by atoms with E-state index in [-0.39, 0.29) is 5.76 Å². The molecule has 1 heterocycles. The molecular weight excluding hydrogens is 292 g/mol. The van der Waals surface area contributed by atoms with Gasteiger partial charge in [-0.1, -0.05) is 19.1 Å². The lowest BCUT2D eigenvalue weighted by molar-refractivity contribution is 0.0995. The van der Waals surface area contributed by atoms with Crippen molar-refractivity contribution in [3.63, 3.8) is 0 Å². The molecule has 112 valence electrons. The van der Waals surface area contributed by atoms with Gasteiger partial charge in [0.2, 0.25) is 10.0 Å². The van der Waals surface area contributed by atoms with Gasteiger partial charge in [-0.2, -0.15) is 0 Å². The summed E-state index contributed by atoms with van der Waals surface area (Å²) in [6.45, 7) is 1.92. The van der Waals surface area contributed by atoms with Crippen molar-refractivity contribution in [1.82, 2.24) is 0 Å². The van der Waals surface area contributed by atoms with Gasteiger partial charge in [0, 0.05) is 6.42 Å². The second-order valence-corrected chi connectivity index (χ2v) is 6.24. The molecule has 1 aromatic heterocycles. The Morgan fingerprint density at radius 2 is 1.81 bits per heavy atom. The van der Waals surface area contributed by atoms with Crippen molar-refractivity contribution >= 4 is 27.3 Å². The fourth-order valence-corrected chi connectivity index (χ4v) is 2.33. The average Bonchev–Trinajstić information content (AvgIpc) is 2.88. The van der Waals surface area contributed by atoms with Gasteiger partial charge in [0.1, 0.15) is 5.76 Å². The number of anilines is 2. The number of sulfonamides is 1. The van der Waals surface area contributed by atoms with Crippen LogP contribution in [0.3, 0.4) is 0 Å². The molecule has 0 fully saturated rings. The molecule has 7 heteroatoms. The minimum Gasteiger partial charge on any atom is -0.456 e. The van der Waals surface area contributed by atoms with Crippen LogP contribution < -0.4 is 10.0 Å². The summed E-state index contributed by atoms with van der Waals surface area (Å²) in [7, 11) is -3.42. The first-order chi connectivity index (χ1) is 9.89. The SMILES string of the molecule is CCc1ccc(C(=O)Nc2ccccc2NS(C)(=O)=O)o1. The normalized spacial score (nSPS) is 11.1. The summed E-state index contributed by atoms with van der Waals surface area (Å²) in [4.78, 5) is 12.1. The molecule has 0 aliphatic rings. The monoisotopic (exact) mass is 308 g/mol. The van der Waals surface area contributed by atoms with Gasteiger partial charge in [0.05, 0.1) is 17.6 Å². The predicted octanol–water partition coefficient (Wildman–Crippen LogP) is 2.47. The highest BCUT2D eigenvalue weighted by atomic mass is 32.2. The summed E-state index contributed by atoms with van der Waals surface area (Å²) in [5.41, 5.74) is 0.665. The van der Waals surface area contributed by atoms with Gasteiger partial charge in [0.15, 0.2) is 5.76 Å². The molecule has 0 aliphatic heterocycles. The van der Waals surface area contributed by atoms with Gasteiger partial charge in [-0.3, -0.25) is 9.52 Å². The third-order valence-corrected chi connectivity index (χ3v) is 3.30. The van der Waals surface area contributed by atoms with Crippen LogP contribution in [0.15, 0.2) is 40.8 Å². The minimum atomic E-state index is -3.42. The Kier molecular flexibility index (Phi) is 4.32. The molecule has 0 radical (unpaired) electrons. The first-order valence-corrected chi connectivity index (χ1v) is 8.25. The number of furan rings is 1. The summed E-state index contributed by atoms with van der Waals surface area (Å²) >= 11 is 0. The van der Waals surface area contributed by atoms with Crippen LogP contribution in [-0.2, 0) is 16.4 Å². The second kappa shape index (κ2) is 6.01. The maximum absolute atomic E-state index is 12.1. The maximum Gasteiger partial charge on any atom is 0.291 e. The number of carbonyl (C=O) groups excluding carboxylic acids is 1. The topological polar surface area (TPSA) is 88.4 Å². The number of aryl methyl sites for hydroxylation is 1. The highest BCUT2D eigenvalue weighted by Crippen LogP contribution is 2.23. The number of rotatable bonds is 5. The molecule has 21 heavy (non-hydrogen) atoms. The van der Waals surface area contributed by atoms with Crippen molar-refractivity contribution < 1.29 is 17.6 Å². The molecule has 2 N–H and O–H groups in total. The van der Waals surface area contributed by atoms with E-state index in [0.717, 1.165) is 6.26 Å². The highest BCUT2D eigenvalue weighted by Gasteiger charge is 2.14. The van der Waals surface area contributed by atoms with Crippen molar-refractivity contribution in [3.05, 3.63) is 47.9 Å². The van der Waals surface area contributed by atoms with E-state index in [4.69, 9.17) is 4.42 Å². The van der Waals surface area contributed by atoms with Crippen LogP contribution in [0.1, 0.15) is 23.2 Å². The minimum absolute atomic E-state index is 0.181. The van der Waals surface area contributed by atoms with E-state index < -0.39 is 15.9 Å². The number of nitrogens with one attached hydrogen (secondary N) is 2. The van der Waals surface area contributed by atoms with E-state index in [1.807, 2.05) is 6.92 Å². The number of benzene rings is 1. The van der Waals surface area contributed by atoms with Crippen LogP contribution in [-0.4, -0.2) is 20.6 Å². The Morgan fingerprint density at radius 3 is 2.38 bits per heavy atom. The maximum atomic E-state index is 12.1. The fraction of sp³-hybridized carbons (Fsp3) is 0.214. The summed E-state index contributed by atoms with van der Waals surface area (Å²) < 4.78 is 30.3. The fourth-order valence-electron chi connectivity index (χ4n) is 1.75. The molecule has 2 rings (SSSR count). The van der Waals surface area contributed by atoms with Crippen LogP contribution in [0.25, 0.3) is 0 Å². The number of para-hydroxylation sites is 2. The molecule has 0 spiro atoms. The largest absolute Gasteiger partial charge is 0.456 e. The molecule has 6 nitrogen and oxygen atoms in total. The van der Waals surface area contributed by atoms with Gasteiger partial charge < -0.3 is 9.73 Å². The highest BCUT2D eigenvalue weighted by molar-refractivity contribution is 7.92. The zero-order chi connectivity index (χ0) is 15.5. The van der Waals surface area contributed by atoms with Crippen molar-refractivity contribution in [2.75, 3.05) is 16.3 Å². The molecule has 0 bridgehead atoms. The van der Waals surface area contributed by atoms with Crippen molar-refractivity contribution in [2.24, 2.45) is 0 Å². The van der Waals surface area contributed by atoms with Gasteiger partial charge in [-0.15, -0.1) is 0 Å². The van der Waals surface area contributed by atoms with E-state index in [1.54, 1.807) is 36.4 Å². The van der Waals surface area contributed by atoms with Crippen molar-refractivity contribution in [3.8, 4) is 0 Å². The molecule has 0 aliphatic carbocycles. The standard InChI is InChI=1S/C14H16N2O4S/c1-3-10-8-9-13(20-10)14(17)15-11-6-4-5-7-12(11)16-21(2,18)19/h4-9,16H,3H2,1-2H3,(H,15,17). The Bertz CT molecular complexity index is 750. The summed E-state index contributed by atoms with van der Waals surface area (Å²) in [5.74, 6) is 0.459. The Morgan fingerprint density at radius 1 is 1.14 bits per heavy atom.